The first-order chi connectivity index (χ1) is 9.20. The van der Waals surface area contributed by atoms with E-state index in [1.165, 1.54) is 64.8 Å². The van der Waals surface area contributed by atoms with Gasteiger partial charge in [-0.05, 0) is 64.7 Å². The van der Waals surface area contributed by atoms with Crippen molar-refractivity contribution in [2.75, 3.05) is 46.4 Å². The van der Waals surface area contributed by atoms with Crippen LogP contribution in [0.2, 0.25) is 0 Å². The fourth-order valence-electron chi connectivity index (χ4n) is 4.15. The van der Waals surface area contributed by atoms with Crippen molar-refractivity contribution in [2.45, 2.75) is 44.6 Å². The van der Waals surface area contributed by atoms with Crippen molar-refractivity contribution in [3.8, 4) is 0 Å². The van der Waals surface area contributed by atoms with Gasteiger partial charge in [0.2, 0.25) is 0 Å². The molecule has 3 rings (SSSR count). The number of piperidine rings is 1. The Balaban J connectivity index is 1.44. The molecule has 0 aromatic carbocycles. The van der Waals surface area contributed by atoms with Crippen molar-refractivity contribution in [1.29, 1.82) is 0 Å². The Morgan fingerprint density at radius 2 is 2.00 bits per heavy atom. The molecular formula is C16H30N2O. The summed E-state index contributed by atoms with van der Waals surface area (Å²) in [4.78, 5) is 5.14. The highest BCUT2D eigenvalue weighted by Gasteiger charge is 2.54. The van der Waals surface area contributed by atoms with Gasteiger partial charge in [0.25, 0.3) is 0 Å². The third kappa shape index (κ3) is 3.14. The molecule has 3 nitrogen and oxygen atoms in total. The van der Waals surface area contributed by atoms with Crippen LogP contribution in [0.4, 0.5) is 0 Å². The zero-order chi connectivity index (χ0) is 13.3. The molecule has 0 aromatic rings. The normalized spacial score (nSPS) is 37.9. The number of nitrogens with zero attached hydrogens (tertiary/aromatic N) is 2. The maximum Gasteiger partial charge on any atom is 0.0971 e. The average molecular weight is 266 g/mol. The van der Waals surface area contributed by atoms with Crippen LogP contribution in [0.1, 0.15) is 39.0 Å². The van der Waals surface area contributed by atoms with Crippen molar-refractivity contribution in [3.63, 3.8) is 0 Å². The summed E-state index contributed by atoms with van der Waals surface area (Å²) < 4.78 is 5.86. The molecule has 0 saturated carbocycles. The van der Waals surface area contributed by atoms with Crippen molar-refractivity contribution < 1.29 is 4.74 Å². The van der Waals surface area contributed by atoms with Gasteiger partial charge in [0.15, 0.2) is 0 Å². The number of hydrogen-bond acceptors (Lipinski definition) is 3. The Hall–Kier alpha value is -0.120. The Bertz CT molecular complexity index is 297. The van der Waals surface area contributed by atoms with Crippen molar-refractivity contribution in [1.82, 2.24) is 9.80 Å². The summed E-state index contributed by atoms with van der Waals surface area (Å²) >= 11 is 0. The predicted molar refractivity (Wildman–Crippen MR) is 78.4 cm³/mol. The average Bonchev–Trinajstić information content (AvgIpc) is 2.97. The number of epoxide rings is 1. The van der Waals surface area contributed by atoms with Crippen LogP contribution in [0.3, 0.4) is 0 Å². The lowest BCUT2D eigenvalue weighted by atomic mass is 9.76. The monoisotopic (exact) mass is 266 g/mol. The largest absolute Gasteiger partial charge is 0.369 e. The van der Waals surface area contributed by atoms with Gasteiger partial charge in [-0.2, -0.15) is 0 Å². The smallest absolute Gasteiger partial charge is 0.0971 e. The number of rotatable bonds is 5. The van der Waals surface area contributed by atoms with Gasteiger partial charge in [-0.1, -0.05) is 6.92 Å². The molecular weight excluding hydrogens is 236 g/mol. The fraction of sp³-hybridized carbons (Fsp3) is 1.00. The van der Waals surface area contributed by atoms with Crippen molar-refractivity contribution >= 4 is 0 Å². The summed E-state index contributed by atoms with van der Waals surface area (Å²) in [5.74, 6) is 1.58. The molecule has 0 aliphatic carbocycles. The molecule has 0 N–H and O–H groups in total. The summed E-state index contributed by atoms with van der Waals surface area (Å²) in [7, 11) is 2.26. The zero-order valence-corrected chi connectivity index (χ0v) is 12.7. The van der Waals surface area contributed by atoms with Gasteiger partial charge in [0, 0.05) is 19.0 Å². The van der Waals surface area contributed by atoms with Gasteiger partial charge in [0.1, 0.15) is 0 Å². The third-order valence-corrected chi connectivity index (χ3v) is 5.64. The van der Waals surface area contributed by atoms with Gasteiger partial charge in [-0.15, -0.1) is 0 Å². The van der Waals surface area contributed by atoms with Gasteiger partial charge in [-0.25, -0.2) is 0 Å². The molecule has 3 saturated heterocycles. The molecule has 0 amide bonds. The fourth-order valence-corrected chi connectivity index (χ4v) is 4.15. The highest BCUT2D eigenvalue weighted by atomic mass is 16.6. The first-order valence-electron chi connectivity index (χ1n) is 8.24. The van der Waals surface area contributed by atoms with Gasteiger partial charge in [0.05, 0.1) is 12.2 Å². The molecule has 3 fully saturated rings. The van der Waals surface area contributed by atoms with Crippen LogP contribution in [-0.2, 0) is 4.74 Å². The SMILES string of the molecule is CC(CCCN1CCCC1)C1CN(C)CCC12CO2. The Morgan fingerprint density at radius 3 is 2.68 bits per heavy atom. The van der Waals surface area contributed by atoms with Crippen LogP contribution < -0.4 is 0 Å². The summed E-state index contributed by atoms with van der Waals surface area (Å²) in [6, 6.07) is 0. The standard InChI is InChI=1S/C16H30N2O/c1-14(6-5-10-18-8-3-4-9-18)15-12-17(2)11-7-16(15)13-19-16/h14-15H,3-13H2,1-2H3. The Morgan fingerprint density at radius 1 is 1.26 bits per heavy atom. The van der Waals surface area contributed by atoms with E-state index in [2.05, 4.69) is 23.8 Å². The number of hydrogen-bond donors (Lipinski definition) is 0. The van der Waals surface area contributed by atoms with Crippen molar-refractivity contribution in [3.05, 3.63) is 0 Å². The molecule has 3 heteroatoms. The van der Waals surface area contributed by atoms with E-state index in [-0.39, 0.29) is 0 Å². The molecule has 3 aliphatic rings. The lowest BCUT2D eigenvalue weighted by Gasteiger charge is -2.38. The molecule has 0 bridgehead atoms. The van der Waals surface area contributed by atoms with Gasteiger partial charge >= 0.3 is 0 Å². The van der Waals surface area contributed by atoms with Crippen LogP contribution >= 0.6 is 0 Å². The van der Waals surface area contributed by atoms with E-state index in [0.717, 1.165) is 18.4 Å². The summed E-state index contributed by atoms with van der Waals surface area (Å²) in [5, 5.41) is 0. The molecule has 0 aromatic heterocycles. The quantitative estimate of drug-likeness (QED) is 0.711. The first-order valence-corrected chi connectivity index (χ1v) is 8.24. The zero-order valence-electron chi connectivity index (χ0n) is 12.7. The summed E-state index contributed by atoms with van der Waals surface area (Å²) in [6.07, 6.45) is 6.84. The van der Waals surface area contributed by atoms with Gasteiger partial charge < -0.3 is 14.5 Å². The van der Waals surface area contributed by atoms with E-state index in [1.54, 1.807) is 0 Å². The first kappa shape index (κ1) is 13.8. The van der Waals surface area contributed by atoms with Crippen LogP contribution in [0.15, 0.2) is 0 Å². The second-order valence-corrected chi connectivity index (χ2v) is 7.14. The number of ether oxygens (including phenoxy) is 1. The lowest BCUT2D eigenvalue weighted by Crippen LogP contribution is -2.46. The van der Waals surface area contributed by atoms with Crippen LogP contribution in [0.25, 0.3) is 0 Å². The van der Waals surface area contributed by atoms with Crippen LogP contribution in [0.5, 0.6) is 0 Å². The predicted octanol–water partition coefficient (Wildman–Crippen LogP) is 2.22. The molecule has 3 unspecified atom stereocenters. The van der Waals surface area contributed by atoms with Crippen molar-refractivity contribution in [2.24, 2.45) is 11.8 Å². The van der Waals surface area contributed by atoms with E-state index in [4.69, 9.17) is 4.74 Å². The Labute approximate surface area is 118 Å². The second-order valence-electron chi connectivity index (χ2n) is 7.14. The maximum absolute atomic E-state index is 5.86. The minimum atomic E-state index is 0.291. The van der Waals surface area contributed by atoms with Crippen LogP contribution in [-0.4, -0.2) is 61.8 Å². The maximum atomic E-state index is 5.86. The Kier molecular flexibility index (Phi) is 4.16. The topological polar surface area (TPSA) is 19.0 Å². The molecule has 3 heterocycles. The van der Waals surface area contributed by atoms with E-state index in [1.807, 2.05) is 0 Å². The summed E-state index contributed by atoms with van der Waals surface area (Å²) in [5.41, 5.74) is 0.291. The minimum Gasteiger partial charge on any atom is -0.369 e. The molecule has 3 aliphatic heterocycles. The summed E-state index contributed by atoms with van der Waals surface area (Å²) in [6.45, 7) is 9.95. The minimum absolute atomic E-state index is 0.291. The molecule has 0 radical (unpaired) electrons. The van der Waals surface area contributed by atoms with E-state index >= 15 is 0 Å². The number of likely N-dealkylation sites (tertiary alicyclic amines) is 2. The highest BCUT2D eigenvalue weighted by Crippen LogP contribution is 2.46. The molecule has 19 heavy (non-hydrogen) atoms. The highest BCUT2D eigenvalue weighted by molar-refractivity contribution is 5.03. The lowest BCUT2D eigenvalue weighted by molar-refractivity contribution is 0.0629. The van der Waals surface area contributed by atoms with E-state index in [0.29, 0.717) is 5.60 Å². The van der Waals surface area contributed by atoms with Gasteiger partial charge in [-0.3, -0.25) is 0 Å². The van der Waals surface area contributed by atoms with E-state index < -0.39 is 0 Å². The third-order valence-electron chi connectivity index (χ3n) is 5.64. The molecule has 1 spiro atoms. The van der Waals surface area contributed by atoms with Crippen LogP contribution in [0, 0.1) is 11.8 Å². The molecule has 110 valence electrons. The second kappa shape index (κ2) is 5.71. The molecule has 3 atom stereocenters. The van der Waals surface area contributed by atoms with E-state index in [9.17, 15) is 0 Å².